The normalized spacial score (nSPS) is 14.1. The maximum absolute atomic E-state index is 13.1. The summed E-state index contributed by atoms with van der Waals surface area (Å²) in [6, 6.07) is 15.9. The molecular formula is C23H22FN5O3. The molecule has 2 heterocycles. The quantitative estimate of drug-likeness (QED) is 0.625. The van der Waals surface area contributed by atoms with Gasteiger partial charge in [0.2, 0.25) is 0 Å². The summed E-state index contributed by atoms with van der Waals surface area (Å²) >= 11 is 0. The number of hydrogen-bond donors (Lipinski definition) is 1. The molecule has 1 N–H and O–H groups in total. The predicted octanol–water partition coefficient (Wildman–Crippen LogP) is 4.16. The van der Waals surface area contributed by atoms with Gasteiger partial charge in [0.15, 0.2) is 5.82 Å². The van der Waals surface area contributed by atoms with Gasteiger partial charge in [0.05, 0.1) is 11.6 Å². The summed E-state index contributed by atoms with van der Waals surface area (Å²) in [6.45, 7) is 2.70. The van der Waals surface area contributed by atoms with E-state index in [4.69, 9.17) is 14.5 Å². The second-order valence-electron chi connectivity index (χ2n) is 7.39. The SMILES string of the molecule is N#Cc1ccc(Oc2cccc(CN3CCN(C(=O)Nc4ccon4)CC3)c2)cc1CF. The molecule has 2 aromatic carbocycles. The minimum atomic E-state index is -0.720. The summed E-state index contributed by atoms with van der Waals surface area (Å²) < 4.78 is 23.7. The Bertz CT molecular complexity index is 1110. The Balaban J connectivity index is 1.32. The lowest BCUT2D eigenvalue weighted by Crippen LogP contribution is -2.49. The summed E-state index contributed by atoms with van der Waals surface area (Å²) in [4.78, 5) is 16.3. The van der Waals surface area contributed by atoms with Crippen molar-refractivity contribution >= 4 is 11.8 Å². The van der Waals surface area contributed by atoms with Crippen molar-refractivity contribution in [2.75, 3.05) is 31.5 Å². The number of ether oxygens (including phenoxy) is 1. The third-order valence-electron chi connectivity index (χ3n) is 5.21. The number of urea groups is 1. The Kier molecular flexibility index (Phi) is 6.63. The molecular weight excluding hydrogens is 413 g/mol. The molecule has 9 heteroatoms. The number of rotatable bonds is 6. The lowest BCUT2D eigenvalue weighted by molar-refractivity contribution is 0.143. The second kappa shape index (κ2) is 9.94. The molecule has 4 rings (SSSR count). The average Bonchev–Trinajstić information content (AvgIpc) is 3.32. The molecule has 8 nitrogen and oxygen atoms in total. The second-order valence-corrected chi connectivity index (χ2v) is 7.39. The Morgan fingerprint density at radius 2 is 1.97 bits per heavy atom. The highest BCUT2D eigenvalue weighted by molar-refractivity contribution is 5.88. The van der Waals surface area contributed by atoms with Gasteiger partial charge < -0.3 is 14.2 Å². The molecule has 1 saturated heterocycles. The zero-order valence-corrected chi connectivity index (χ0v) is 17.3. The number of alkyl halides is 1. The topological polar surface area (TPSA) is 94.6 Å². The first-order chi connectivity index (χ1) is 15.6. The highest BCUT2D eigenvalue weighted by Crippen LogP contribution is 2.26. The van der Waals surface area contributed by atoms with Crippen molar-refractivity contribution in [1.82, 2.24) is 15.0 Å². The van der Waals surface area contributed by atoms with Crippen molar-refractivity contribution in [3.8, 4) is 17.6 Å². The first kappa shape index (κ1) is 21.3. The smallest absolute Gasteiger partial charge is 0.323 e. The number of nitrogens with zero attached hydrogens (tertiary/aromatic N) is 4. The van der Waals surface area contributed by atoms with Crippen LogP contribution in [0.25, 0.3) is 0 Å². The number of hydrogen-bond acceptors (Lipinski definition) is 6. The molecule has 1 aromatic heterocycles. The van der Waals surface area contributed by atoms with Crippen LogP contribution >= 0.6 is 0 Å². The van der Waals surface area contributed by atoms with E-state index in [0.29, 0.717) is 41.5 Å². The van der Waals surface area contributed by atoms with Gasteiger partial charge in [0, 0.05) is 44.4 Å². The zero-order chi connectivity index (χ0) is 22.3. The number of halogens is 1. The third kappa shape index (κ3) is 5.22. The maximum Gasteiger partial charge on any atom is 0.323 e. The number of anilines is 1. The van der Waals surface area contributed by atoms with Crippen LogP contribution in [0.4, 0.5) is 15.0 Å². The fraction of sp³-hybridized carbons (Fsp3) is 0.261. The molecule has 1 fully saturated rings. The van der Waals surface area contributed by atoms with Gasteiger partial charge >= 0.3 is 6.03 Å². The summed E-state index contributed by atoms with van der Waals surface area (Å²) in [5.41, 5.74) is 1.69. The summed E-state index contributed by atoms with van der Waals surface area (Å²) in [6.07, 6.45) is 1.41. The van der Waals surface area contributed by atoms with Crippen molar-refractivity contribution < 1.29 is 18.4 Å². The van der Waals surface area contributed by atoms with E-state index in [9.17, 15) is 9.18 Å². The molecule has 0 saturated carbocycles. The Hall–Kier alpha value is -3.90. The van der Waals surface area contributed by atoms with E-state index in [1.165, 1.54) is 6.26 Å². The van der Waals surface area contributed by atoms with Gasteiger partial charge in [0.1, 0.15) is 24.4 Å². The number of aromatic nitrogens is 1. The lowest BCUT2D eigenvalue weighted by atomic mass is 10.1. The van der Waals surface area contributed by atoms with Crippen LogP contribution in [0.5, 0.6) is 11.5 Å². The van der Waals surface area contributed by atoms with Crippen LogP contribution in [0, 0.1) is 11.3 Å². The summed E-state index contributed by atoms with van der Waals surface area (Å²) in [7, 11) is 0. The average molecular weight is 435 g/mol. The van der Waals surface area contributed by atoms with Gasteiger partial charge in [-0.05, 0) is 35.9 Å². The van der Waals surface area contributed by atoms with Crippen LogP contribution in [0.15, 0.2) is 59.3 Å². The minimum Gasteiger partial charge on any atom is -0.457 e. The van der Waals surface area contributed by atoms with E-state index in [1.807, 2.05) is 30.3 Å². The molecule has 0 atom stereocenters. The minimum absolute atomic E-state index is 0.191. The monoisotopic (exact) mass is 435 g/mol. The molecule has 32 heavy (non-hydrogen) atoms. The van der Waals surface area contributed by atoms with Crippen molar-refractivity contribution in [2.45, 2.75) is 13.2 Å². The van der Waals surface area contributed by atoms with E-state index in [2.05, 4.69) is 15.4 Å². The standard InChI is InChI=1S/C23H22FN5O3/c24-14-19-13-21(5-4-18(19)15-25)32-20-3-1-2-17(12-20)16-28-7-9-29(10-8-28)23(30)26-22-6-11-31-27-22/h1-6,11-13H,7-10,14,16H2,(H,26,27,30). The van der Waals surface area contributed by atoms with Crippen molar-refractivity contribution in [3.63, 3.8) is 0 Å². The zero-order valence-electron chi connectivity index (χ0n) is 17.3. The largest absolute Gasteiger partial charge is 0.457 e. The Labute approximate surface area is 184 Å². The first-order valence-electron chi connectivity index (χ1n) is 10.2. The van der Waals surface area contributed by atoms with Gasteiger partial charge in [-0.3, -0.25) is 10.2 Å². The molecule has 1 aliphatic rings. The van der Waals surface area contributed by atoms with E-state index in [0.717, 1.165) is 25.2 Å². The molecule has 0 spiro atoms. The maximum atomic E-state index is 13.1. The fourth-order valence-electron chi connectivity index (χ4n) is 3.53. The molecule has 0 radical (unpaired) electrons. The summed E-state index contributed by atoms with van der Waals surface area (Å²) in [5.74, 6) is 1.53. The number of benzene rings is 2. The molecule has 2 amide bonds. The molecule has 0 unspecified atom stereocenters. The number of carbonyl (C=O) groups is 1. The van der Waals surface area contributed by atoms with Crippen LogP contribution in [0.3, 0.4) is 0 Å². The van der Waals surface area contributed by atoms with Crippen molar-refractivity contribution in [3.05, 3.63) is 71.5 Å². The number of piperazine rings is 1. The predicted molar refractivity (Wildman–Crippen MR) is 115 cm³/mol. The molecule has 0 aliphatic carbocycles. The van der Waals surface area contributed by atoms with Crippen LogP contribution in [0.2, 0.25) is 0 Å². The van der Waals surface area contributed by atoms with E-state index in [-0.39, 0.29) is 6.03 Å². The molecule has 164 valence electrons. The lowest BCUT2D eigenvalue weighted by Gasteiger charge is -2.34. The molecule has 0 bridgehead atoms. The molecule has 3 aromatic rings. The number of nitrogens with one attached hydrogen (secondary N) is 1. The van der Waals surface area contributed by atoms with E-state index >= 15 is 0 Å². The van der Waals surface area contributed by atoms with E-state index in [1.54, 1.807) is 29.2 Å². The van der Waals surface area contributed by atoms with Crippen LogP contribution < -0.4 is 10.1 Å². The first-order valence-corrected chi connectivity index (χ1v) is 10.2. The van der Waals surface area contributed by atoms with Crippen LogP contribution in [-0.4, -0.2) is 47.2 Å². The Morgan fingerprint density at radius 1 is 1.16 bits per heavy atom. The third-order valence-corrected chi connectivity index (χ3v) is 5.21. The summed E-state index contributed by atoms with van der Waals surface area (Å²) in [5, 5.41) is 15.4. The van der Waals surface area contributed by atoms with Crippen molar-refractivity contribution in [1.29, 1.82) is 5.26 Å². The highest BCUT2D eigenvalue weighted by atomic mass is 19.1. The van der Waals surface area contributed by atoms with Gasteiger partial charge in [-0.25, -0.2) is 9.18 Å². The fourth-order valence-corrected chi connectivity index (χ4v) is 3.53. The Morgan fingerprint density at radius 3 is 2.69 bits per heavy atom. The van der Waals surface area contributed by atoms with Crippen LogP contribution in [0.1, 0.15) is 16.7 Å². The van der Waals surface area contributed by atoms with E-state index < -0.39 is 6.67 Å². The number of carbonyl (C=O) groups excluding carboxylic acids is 1. The van der Waals surface area contributed by atoms with Gasteiger partial charge in [0.25, 0.3) is 0 Å². The molecule has 1 aliphatic heterocycles. The van der Waals surface area contributed by atoms with Gasteiger partial charge in [-0.15, -0.1) is 0 Å². The van der Waals surface area contributed by atoms with Crippen molar-refractivity contribution in [2.24, 2.45) is 0 Å². The van der Waals surface area contributed by atoms with Gasteiger partial charge in [-0.1, -0.05) is 17.3 Å². The number of amides is 2. The van der Waals surface area contributed by atoms with Crippen LogP contribution in [-0.2, 0) is 13.2 Å². The highest BCUT2D eigenvalue weighted by Gasteiger charge is 2.21. The van der Waals surface area contributed by atoms with Gasteiger partial charge in [-0.2, -0.15) is 5.26 Å². The number of nitriles is 1.